The Morgan fingerprint density at radius 3 is 2.44 bits per heavy atom. The van der Waals surface area contributed by atoms with Crippen molar-refractivity contribution in [1.29, 1.82) is 0 Å². The number of rotatable bonds is 8. The van der Waals surface area contributed by atoms with E-state index in [-0.39, 0.29) is 0 Å². The van der Waals surface area contributed by atoms with E-state index in [0.717, 1.165) is 11.8 Å². The third-order valence-electron chi connectivity index (χ3n) is 4.19. The van der Waals surface area contributed by atoms with Gasteiger partial charge >= 0.3 is 0 Å². The van der Waals surface area contributed by atoms with Crippen LogP contribution in [0.15, 0.2) is 0 Å². The maximum atomic E-state index is 5.82. The second-order valence-corrected chi connectivity index (χ2v) is 12.7. The van der Waals surface area contributed by atoms with Crippen LogP contribution in [0.1, 0.15) is 39.0 Å². The fourth-order valence-electron chi connectivity index (χ4n) is 3.14. The summed E-state index contributed by atoms with van der Waals surface area (Å²) in [6, 6.07) is 1.48. The number of hydrogen-bond acceptors (Lipinski definition) is 2. The largest absolute Gasteiger partial charge is 0.359 e. The Bertz CT molecular complexity index is 225. The van der Waals surface area contributed by atoms with Crippen molar-refractivity contribution < 1.29 is 9.47 Å². The molecule has 1 aliphatic rings. The van der Waals surface area contributed by atoms with Gasteiger partial charge in [-0.2, -0.15) is 0 Å². The van der Waals surface area contributed by atoms with Gasteiger partial charge in [-0.15, -0.1) is 0 Å². The summed E-state index contributed by atoms with van der Waals surface area (Å²) >= 11 is 0. The molecule has 0 aromatic heterocycles. The van der Waals surface area contributed by atoms with Gasteiger partial charge in [-0.3, -0.25) is 0 Å². The Kier molecular flexibility index (Phi) is 6.89. The minimum atomic E-state index is -0.844. The molecule has 1 fully saturated rings. The minimum absolute atomic E-state index is 0.451. The first-order valence-electron chi connectivity index (χ1n) is 7.56. The molecule has 2 nitrogen and oxygen atoms in total. The van der Waals surface area contributed by atoms with Gasteiger partial charge in [0, 0.05) is 15.2 Å². The lowest BCUT2D eigenvalue weighted by Crippen LogP contribution is -2.19. The van der Waals surface area contributed by atoms with Crippen molar-refractivity contribution in [3.05, 3.63) is 0 Å². The quantitative estimate of drug-likeness (QED) is 0.477. The van der Waals surface area contributed by atoms with Crippen LogP contribution in [0.5, 0.6) is 0 Å². The van der Waals surface area contributed by atoms with Gasteiger partial charge in [0.25, 0.3) is 0 Å². The van der Waals surface area contributed by atoms with Crippen LogP contribution in [-0.2, 0) is 9.47 Å². The molecule has 0 aliphatic heterocycles. The van der Waals surface area contributed by atoms with Crippen molar-refractivity contribution >= 4 is 8.07 Å². The molecule has 0 N–H and O–H groups in total. The predicted molar refractivity (Wildman–Crippen MR) is 80.6 cm³/mol. The first-order valence-corrected chi connectivity index (χ1v) is 11.3. The maximum Gasteiger partial charge on any atom is 0.146 e. The van der Waals surface area contributed by atoms with Crippen LogP contribution in [0, 0.1) is 11.8 Å². The molecule has 3 heteroatoms. The zero-order valence-electron chi connectivity index (χ0n) is 13.0. The third-order valence-corrected chi connectivity index (χ3v) is 6.04. The molecular formula is C15H32O2Si. The van der Waals surface area contributed by atoms with E-state index in [0.29, 0.717) is 12.9 Å². The van der Waals surface area contributed by atoms with E-state index in [4.69, 9.17) is 9.47 Å². The van der Waals surface area contributed by atoms with Gasteiger partial charge in [-0.1, -0.05) is 51.9 Å². The Labute approximate surface area is 114 Å². The SMILES string of the molecule is CC[C@@H]1C[C@H](CCC[Si](C)(C)C)C[C@@H]1OCOC. The molecule has 1 aliphatic carbocycles. The molecule has 3 atom stereocenters. The lowest BCUT2D eigenvalue weighted by Gasteiger charge is -2.17. The zero-order valence-corrected chi connectivity index (χ0v) is 14.0. The molecule has 108 valence electrons. The summed E-state index contributed by atoms with van der Waals surface area (Å²) in [5.74, 6) is 1.66. The van der Waals surface area contributed by atoms with Crippen LogP contribution in [0.3, 0.4) is 0 Å². The highest BCUT2D eigenvalue weighted by molar-refractivity contribution is 6.76. The van der Waals surface area contributed by atoms with Crippen molar-refractivity contribution in [1.82, 2.24) is 0 Å². The number of ether oxygens (including phenoxy) is 2. The molecule has 0 amide bonds. The molecule has 0 unspecified atom stereocenters. The summed E-state index contributed by atoms with van der Waals surface area (Å²) in [7, 11) is 0.866. The fourth-order valence-corrected chi connectivity index (χ4v) is 4.41. The number of hydrogen-bond donors (Lipinski definition) is 0. The predicted octanol–water partition coefficient (Wildman–Crippen LogP) is 4.53. The molecule has 0 aromatic rings. The summed E-state index contributed by atoms with van der Waals surface area (Å²) < 4.78 is 10.9. The van der Waals surface area contributed by atoms with Gasteiger partial charge < -0.3 is 9.47 Å². The lowest BCUT2D eigenvalue weighted by atomic mass is 9.99. The van der Waals surface area contributed by atoms with Crippen LogP contribution in [0.4, 0.5) is 0 Å². The Hall–Kier alpha value is 0.137. The summed E-state index contributed by atoms with van der Waals surface area (Å²) in [5, 5.41) is 0. The van der Waals surface area contributed by atoms with Gasteiger partial charge in [0.2, 0.25) is 0 Å². The van der Waals surface area contributed by atoms with Gasteiger partial charge in [0.05, 0.1) is 6.10 Å². The minimum Gasteiger partial charge on any atom is -0.359 e. The van der Waals surface area contributed by atoms with E-state index < -0.39 is 8.07 Å². The maximum absolute atomic E-state index is 5.82. The molecule has 0 aromatic carbocycles. The Morgan fingerprint density at radius 1 is 1.17 bits per heavy atom. The molecule has 0 radical (unpaired) electrons. The van der Waals surface area contributed by atoms with Gasteiger partial charge in [-0.25, -0.2) is 0 Å². The monoisotopic (exact) mass is 272 g/mol. The third kappa shape index (κ3) is 5.85. The highest BCUT2D eigenvalue weighted by atomic mass is 28.3. The fraction of sp³-hybridized carbons (Fsp3) is 1.00. The van der Waals surface area contributed by atoms with E-state index in [9.17, 15) is 0 Å². The summed E-state index contributed by atoms with van der Waals surface area (Å²) in [4.78, 5) is 0. The van der Waals surface area contributed by atoms with Crippen molar-refractivity contribution in [2.75, 3.05) is 13.9 Å². The Morgan fingerprint density at radius 2 is 1.89 bits per heavy atom. The van der Waals surface area contributed by atoms with Gasteiger partial charge in [-0.05, 0) is 24.7 Å². The highest BCUT2D eigenvalue weighted by Crippen LogP contribution is 2.38. The van der Waals surface area contributed by atoms with Crippen molar-refractivity contribution in [3.63, 3.8) is 0 Å². The van der Waals surface area contributed by atoms with E-state index >= 15 is 0 Å². The Balaban J connectivity index is 2.28. The molecule has 1 saturated carbocycles. The molecular weight excluding hydrogens is 240 g/mol. The summed E-state index contributed by atoms with van der Waals surface area (Å²) in [6.45, 7) is 10.2. The topological polar surface area (TPSA) is 18.5 Å². The van der Waals surface area contributed by atoms with E-state index in [1.807, 2.05) is 0 Å². The van der Waals surface area contributed by atoms with Crippen LogP contribution in [0.2, 0.25) is 25.7 Å². The first-order chi connectivity index (χ1) is 8.46. The van der Waals surface area contributed by atoms with E-state index in [2.05, 4.69) is 26.6 Å². The molecule has 0 spiro atoms. The van der Waals surface area contributed by atoms with E-state index in [1.165, 1.54) is 38.1 Å². The second kappa shape index (κ2) is 7.66. The van der Waals surface area contributed by atoms with E-state index in [1.54, 1.807) is 7.11 Å². The van der Waals surface area contributed by atoms with Crippen molar-refractivity contribution in [3.8, 4) is 0 Å². The molecule has 1 rings (SSSR count). The molecule has 18 heavy (non-hydrogen) atoms. The standard InChI is InChI=1S/C15H32O2Si/c1-6-14-10-13(8-7-9-18(3,4)5)11-15(14)17-12-16-2/h13-15H,6-12H2,1-5H3/t13-,14+,15-/m0/s1. The highest BCUT2D eigenvalue weighted by Gasteiger charge is 2.33. The zero-order chi connectivity index (χ0) is 13.6. The molecule has 0 saturated heterocycles. The second-order valence-electron chi connectivity index (χ2n) is 7.07. The lowest BCUT2D eigenvalue weighted by molar-refractivity contribution is -0.0844. The van der Waals surface area contributed by atoms with Gasteiger partial charge in [0.1, 0.15) is 6.79 Å². The van der Waals surface area contributed by atoms with Crippen LogP contribution in [0.25, 0.3) is 0 Å². The normalized spacial score (nSPS) is 28.8. The average molecular weight is 273 g/mol. The summed E-state index contributed by atoms with van der Waals surface area (Å²) in [5.41, 5.74) is 0. The van der Waals surface area contributed by atoms with Crippen molar-refractivity contribution in [2.45, 2.75) is 70.8 Å². The van der Waals surface area contributed by atoms with Gasteiger partial charge in [0.15, 0.2) is 0 Å². The van der Waals surface area contributed by atoms with Crippen LogP contribution < -0.4 is 0 Å². The van der Waals surface area contributed by atoms with Crippen molar-refractivity contribution in [2.24, 2.45) is 11.8 Å². The average Bonchev–Trinajstić information content (AvgIpc) is 2.67. The molecule has 0 bridgehead atoms. The van der Waals surface area contributed by atoms with Crippen LogP contribution in [-0.4, -0.2) is 28.1 Å². The smallest absolute Gasteiger partial charge is 0.146 e. The van der Waals surface area contributed by atoms with Crippen LogP contribution >= 0.6 is 0 Å². The first kappa shape index (κ1) is 16.2. The summed E-state index contributed by atoms with van der Waals surface area (Å²) in [6.07, 6.45) is 7.16. The number of methoxy groups -OCH3 is 1. The molecule has 0 heterocycles.